The number of hydrogen-bond acceptors (Lipinski definition) is 1. The van der Waals surface area contributed by atoms with Crippen molar-refractivity contribution in [3.8, 4) is 0 Å². The summed E-state index contributed by atoms with van der Waals surface area (Å²) >= 11 is 1.71. The van der Waals surface area contributed by atoms with Crippen molar-refractivity contribution in [1.82, 2.24) is 0 Å². The molecular formula is C4H4Li2S. The summed E-state index contributed by atoms with van der Waals surface area (Å²) < 4.78 is 0. The zero-order chi connectivity index (χ0) is 3.54. The average Bonchev–Trinajstić information content (AvgIpc) is 1.76. The van der Waals surface area contributed by atoms with Crippen LogP contribution in [0.3, 0.4) is 0 Å². The molecule has 0 unspecified atom stereocenters. The van der Waals surface area contributed by atoms with Crippen molar-refractivity contribution in [3.05, 3.63) is 22.9 Å². The van der Waals surface area contributed by atoms with Gasteiger partial charge in [-0.3, -0.25) is 0 Å². The van der Waals surface area contributed by atoms with E-state index >= 15 is 0 Å². The van der Waals surface area contributed by atoms with Crippen LogP contribution >= 0.6 is 11.3 Å². The van der Waals surface area contributed by atoms with E-state index in [1.165, 1.54) is 0 Å². The Kier molecular flexibility index (Phi) is 10.6. The molecule has 0 aliphatic heterocycles. The normalized spacial score (nSPS) is 5.71. The molecule has 1 aromatic heterocycles. The van der Waals surface area contributed by atoms with Crippen molar-refractivity contribution in [3.63, 3.8) is 0 Å². The fourth-order valence-electron chi connectivity index (χ4n) is 0.227. The maximum Gasteiger partial charge on any atom is 0 e. The van der Waals surface area contributed by atoms with Crippen molar-refractivity contribution in [1.29, 1.82) is 0 Å². The van der Waals surface area contributed by atoms with Gasteiger partial charge in [-0.2, -0.15) is 11.3 Å². The topological polar surface area (TPSA) is 0 Å². The predicted octanol–water partition coefficient (Wildman–Crippen LogP) is 0.987. The van der Waals surface area contributed by atoms with E-state index in [1.54, 1.807) is 11.3 Å². The summed E-state index contributed by atoms with van der Waals surface area (Å²) in [6.07, 6.45) is 0. The fourth-order valence-corrected chi connectivity index (χ4v) is 0.680. The van der Waals surface area contributed by atoms with Crippen molar-refractivity contribution >= 4 is 49.1 Å². The van der Waals surface area contributed by atoms with E-state index in [4.69, 9.17) is 0 Å². The van der Waals surface area contributed by atoms with Crippen LogP contribution in [0.15, 0.2) is 22.9 Å². The van der Waals surface area contributed by atoms with E-state index in [0.29, 0.717) is 0 Å². The fraction of sp³-hybridized carbons (Fsp3) is 0. The van der Waals surface area contributed by atoms with Gasteiger partial charge in [-0.1, -0.05) is 12.1 Å². The van der Waals surface area contributed by atoms with Gasteiger partial charge >= 0.3 is 0 Å². The van der Waals surface area contributed by atoms with Gasteiger partial charge < -0.3 is 0 Å². The van der Waals surface area contributed by atoms with E-state index in [2.05, 4.69) is 0 Å². The molecule has 2 radical (unpaired) electrons. The van der Waals surface area contributed by atoms with Gasteiger partial charge in [0.2, 0.25) is 0 Å². The van der Waals surface area contributed by atoms with E-state index < -0.39 is 0 Å². The second-order valence-corrected chi connectivity index (χ2v) is 1.61. The molecule has 0 saturated carbocycles. The molecule has 0 aromatic carbocycles. The Hall–Kier alpha value is 0.895. The number of thiophene rings is 1. The third-order valence-corrected chi connectivity index (χ3v) is 1.05. The molecule has 0 fully saturated rings. The molecule has 0 atom stereocenters. The van der Waals surface area contributed by atoms with Gasteiger partial charge in [0.05, 0.1) is 0 Å². The Morgan fingerprint density at radius 3 is 1.43 bits per heavy atom. The first-order valence-electron chi connectivity index (χ1n) is 1.47. The number of rotatable bonds is 0. The Bertz CT molecular complexity index is 66.2. The van der Waals surface area contributed by atoms with Crippen molar-refractivity contribution in [2.24, 2.45) is 0 Å². The van der Waals surface area contributed by atoms with Crippen LogP contribution in [0.5, 0.6) is 0 Å². The molecule has 0 amide bonds. The molecule has 0 aliphatic carbocycles. The van der Waals surface area contributed by atoms with E-state index in [0.717, 1.165) is 0 Å². The first kappa shape index (κ1) is 10.8. The van der Waals surface area contributed by atoms with Crippen molar-refractivity contribution in [2.75, 3.05) is 0 Å². The van der Waals surface area contributed by atoms with Crippen molar-refractivity contribution in [2.45, 2.75) is 0 Å². The summed E-state index contributed by atoms with van der Waals surface area (Å²) in [7, 11) is 0. The smallest absolute Gasteiger partial charge is 0 e. The van der Waals surface area contributed by atoms with Crippen LogP contribution in [-0.2, 0) is 0 Å². The summed E-state index contributed by atoms with van der Waals surface area (Å²) in [4.78, 5) is 0. The Morgan fingerprint density at radius 1 is 0.857 bits per heavy atom. The summed E-state index contributed by atoms with van der Waals surface area (Å²) in [6.45, 7) is 0. The third kappa shape index (κ3) is 4.75. The van der Waals surface area contributed by atoms with Gasteiger partial charge in [-0.05, 0) is 10.8 Å². The molecule has 7 heavy (non-hydrogen) atoms. The van der Waals surface area contributed by atoms with Crippen LogP contribution < -0.4 is 0 Å². The standard InChI is InChI=1S/C4H4S.2Li/c1-2-4-5-3-1;;/h1-4H;;. The molecule has 0 aliphatic rings. The average molecular weight is 98.0 g/mol. The predicted molar refractivity (Wildman–Crippen MR) is 35.8 cm³/mol. The third-order valence-electron chi connectivity index (χ3n) is 0.425. The molecule has 0 nitrogen and oxygen atoms in total. The van der Waals surface area contributed by atoms with E-state index in [1.807, 2.05) is 22.9 Å². The maximum atomic E-state index is 2.04. The molecule has 0 spiro atoms. The van der Waals surface area contributed by atoms with Crippen LogP contribution in [-0.4, -0.2) is 37.7 Å². The molecule has 0 bridgehead atoms. The zero-order valence-electron chi connectivity index (χ0n) is 4.72. The zero-order valence-corrected chi connectivity index (χ0v) is 5.53. The van der Waals surface area contributed by atoms with Crippen LogP contribution in [0, 0.1) is 0 Å². The van der Waals surface area contributed by atoms with Gasteiger partial charge in [-0.15, -0.1) is 0 Å². The molecule has 28 valence electrons. The van der Waals surface area contributed by atoms with E-state index in [-0.39, 0.29) is 37.7 Å². The molecule has 1 aromatic rings. The minimum absolute atomic E-state index is 0. The summed E-state index contributed by atoms with van der Waals surface area (Å²) in [5.41, 5.74) is 0. The Balaban J connectivity index is 0. The molecule has 3 heteroatoms. The number of hydrogen-bond donors (Lipinski definition) is 0. The summed E-state index contributed by atoms with van der Waals surface area (Å²) in [5.74, 6) is 0. The molecule has 1 heterocycles. The quantitative estimate of drug-likeness (QED) is 0.424. The first-order valence-corrected chi connectivity index (χ1v) is 2.41. The van der Waals surface area contributed by atoms with Crippen LogP contribution in [0.2, 0.25) is 0 Å². The van der Waals surface area contributed by atoms with Gasteiger partial charge in [0.1, 0.15) is 0 Å². The largest absolute Gasteiger partial charge is 0.152 e. The maximum absolute atomic E-state index is 2.04. The molecule has 1 rings (SSSR count). The molecule has 0 N–H and O–H groups in total. The monoisotopic (exact) mass is 98.0 g/mol. The van der Waals surface area contributed by atoms with Gasteiger partial charge in [0, 0.05) is 37.7 Å². The van der Waals surface area contributed by atoms with E-state index in [9.17, 15) is 0 Å². The van der Waals surface area contributed by atoms with Crippen molar-refractivity contribution < 1.29 is 0 Å². The second kappa shape index (κ2) is 6.89. The van der Waals surface area contributed by atoms with Crippen LogP contribution in [0.25, 0.3) is 0 Å². The minimum Gasteiger partial charge on any atom is -0.152 e. The summed E-state index contributed by atoms with van der Waals surface area (Å²) in [5, 5.41) is 4.08. The van der Waals surface area contributed by atoms with Crippen LogP contribution in [0.1, 0.15) is 0 Å². The summed E-state index contributed by atoms with van der Waals surface area (Å²) in [6, 6.07) is 4.04. The first-order chi connectivity index (χ1) is 2.50. The van der Waals surface area contributed by atoms with Gasteiger partial charge in [0.15, 0.2) is 0 Å². The molecular weight excluding hydrogens is 94.0 g/mol. The SMILES string of the molecule is [Li].[Li].c1ccsc1. The van der Waals surface area contributed by atoms with Gasteiger partial charge in [0.25, 0.3) is 0 Å². The van der Waals surface area contributed by atoms with Crippen LogP contribution in [0.4, 0.5) is 0 Å². The Labute approximate surface area is 71.7 Å². The Morgan fingerprint density at radius 2 is 1.29 bits per heavy atom. The van der Waals surface area contributed by atoms with Gasteiger partial charge in [-0.25, -0.2) is 0 Å². The second-order valence-electron chi connectivity index (χ2n) is 0.793. The minimum atomic E-state index is 0. The molecule has 0 saturated heterocycles.